The summed E-state index contributed by atoms with van der Waals surface area (Å²) in [7, 11) is 0. The summed E-state index contributed by atoms with van der Waals surface area (Å²) in [6.07, 6.45) is 5.56. The molecule has 1 aromatic rings. The second kappa shape index (κ2) is 8.99. The summed E-state index contributed by atoms with van der Waals surface area (Å²) in [6.45, 7) is 6.21. The number of benzene rings is 1. The molecule has 5 heteroatoms. The molecule has 0 aliphatic heterocycles. The average molecular weight is 346 g/mol. The summed E-state index contributed by atoms with van der Waals surface area (Å²) < 4.78 is 0. The third-order valence-electron chi connectivity index (χ3n) is 5.01. The van der Waals surface area contributed by atoms with E-state index in [-0.39, 0.29) is 18.5 Å². The number of fused-ring (bicyclic) bond motifs is 1. The summed E-state index contributed by atoms with van der Waals surface area (Å²) in [5.41, 5.74) is 3.94. The molecule has 2 N–H and O–H groups in total. The number of nitrogens with zero attached hydrogens (tertiary/aromatic N) is 1. The standard InChI is InChI=1S/C20H30N2O3/c1-4-11-22(13-19(23)24)15(3)20(25)21-14(2)17-10-9-16-7-5-6-8-18(16)12-17/h9-10,12,14-15H,4-8,11,13H2,1-3H3,(H,21,25)(H,23,24). The summed E-state index contributed by atoms with van der Waals surface area (Å²) >= 11 is 0. The Labute approximate surface area is 150 Å². The molecule has 0 radical (unpaired) electrons. The number of aliphatic carboxylic acids is 1. The third kappa shape index (κ3) is 5.30. The highest BCUT2D eigenvalue weighted by molar-refractivity contribution is 5.82. The molecule has 0 bridgehead atoms. The smallest absolute Gasteiger partial charge is 0.317 e. The van der Waals surface area contributed by atoms with Crippen LogP contribution in [0.5, 0.6) is 0 Å². The minimum atomic E-state index is -0.907. The molecule has 2 unspecified atom stereocenters. The number of carboxylic acid groups (broad SMARTS) is 1. The lowest BCUT2D eigenvalue weighted by atomic mass is 9.89. The van der Waals surface area contributed by atoms with Crippen LogP contribution in [-0.4, -0.2) is 41.0 Å². The Bertz CT molecular complexity index is 615. The fraction of sp³-hybridized carbons (Fsp3) is 0.600. The van der Waals surface area contributed by atoms with Crippen LogP contribution in [0, 0.1) is 0 Å². The van der Waals surface area contributed by atoms with Gasteiger partial charge in [0.05, 0.1) is 18.6 Å². The molecule has 0 saturated heterocycles. The number of carbonyl (C=O) groups excluding carboxylic acids is 1. The molecule has 2 atom stereocenters. The van der Waals surface area contributed by atoms with Gasteiger partial charge in [-0.2, -0.15) is 0 Å². The van der Waals surface area contributed by atoms with Crippen molar-refractivity contribution in [1.82, 2.24) is 10.2 Å². The predicted octanol–water partition coefficient (Wildman–Crippen LogP) is 2.93. The number of hydrogen-bond acceptors (Lipinski definition) is 3. The number of hydrogen-bond donors (Lipinski definition) is 2. The molecule has 25 heavy (non-hydrogen) atoms. The van der Waals surface area contributed by atoms with Crippen molar-refractivity contribution < 1.29 is 14.7 Å². The van der Waals surface area contributed by atoms with E-state index in [1.807, 2.05) is 13.8 Å². The number of aryl methyl sites for hydroxylation is 2. The van der Waals surface area contributed by atoms with Crippen molar-refractivity contribution in [2.75, 3.05) is 13.1 Å². The number of carbonyl (C=O) groups is 2. The van der Waals surface area contributed by atoms with Gasteiger partial charge in [-0.05, 0) is 69.2 Å². The van der Waals surface area contributed by atoms with Crippen molar-refractivity contribution >= 4 is 11.9 Å². The fourth-order valence-electron chi connectivity index (χ4n) is 3.48. The van der Waals surface area contributed by atoms with E-state index in [0.717, 1.165) is 24.8 Å². The van der Waals surface area contributed by atoms with Crippen LogP contribution in [0.25, 0.3) is 0 Å². The first-order valence-corrected chi connectivity index (χ1v) is 9.30. The lowest BCUT2D eigenvalue weighted by Crippen LogP contribution is -2.47. The molecule has 5 nitrogen and oxygen atoms in total. The second-order valence-corrected chi connectivity index (χ2v) is 7.01. The van der Waals surface area contributed by atoms with E-state index in [1.54, 1.807) is 11.8 Å². The zero-order valence-corrected chi connectivity index (χ0v) is 15.5. The van der Waals surface area contributed by atoms with Crippen LogP contribution in [0.15, 0.2) is 18.2 Å². The summed E-state index contributed by atoms with van der Waals surface area (Å²) in [4.78, 5) is 25.3. The Hall–Kier alpha value is -1.88. The van der Waals surface area contributed by atoms with Gasteiger partial charge >= 0.3 is 5.97 Å². The zero-order chi connectivity index (χ0) is 18.4. The molecule has 1 aliphatic rings. The van der Waals surface area contributed by atoms with Crippen molar-refractivity contribution in [3.05, 3.63) is 34.9 Å². The number of rotatable bonds is 8. The second-order valence-electron chi connectivity index (χ2n) is 7.01. The number of amides is 1. The van der Waals surface area contributed by atoms with Crippen LogP contribution in [0.1, 0.15) is 62.8 Å². The van der Waals surface area contributed by atoms with Gasteiger partial charge in [-0.1, -0.05) is 25.1 Å². The van der Waals surface area contributed by atoms with Gasteiger partial charge in [0.2, 0.25) is 5.91 Å². The molecule has 1 amide bonds. The Morgan fingerprint density at radius 2 is 1.88 bits per heavy atom. The Kier molecular flexibility index (Phi) is 7.00. The van der Waals surface area contributed by atoms with E-state index < -0.39 is 12.0 Å². The van der Waals surface area contributed by atoms with Crippen LogP contribution in [-0.2, 0) is 22.4 Å². The van der Waals surface area contributed by atoms with Gasteiger partial charge in [-0.3, -0.25) is 14.5 Å². The monoisotopic (exact) mass is 346 g/mol. The maximum absolute atomic E-state index is 12.6. The molecule has 0 saturated carbocycles. The van der Waals surface area contributed by atoms with Crippen molar-refractivity contribution in [2.45, 2.75) is 65.0 Å². The molecular formula is C20H30N2O3. The predicted molar refractivity (Wildman–Crippen MR) is 98.6 cm³/mol. The highest BCUT2D eigenvalue weighted by atomic mass is 16.4. The molecule has 1 aromatic carbocycles. The van der Waals surface area contributed by atoms with E-state index in [9.17, 15) is 9.59 Å². The van der Waals surface area contributed by atoms with Gasteiger partial charge < -0.3 is 10.4 Å². The maximum atomic E-state index is 12.6. The minimum Gasteiger partial charge on any atom is -0.480 e. The van der Waals surface area contributed by atoms with Gasteiger partial charge in [0.15, 0.2) is 0 Å². The minimum absolute atomic E-state index is 0.0875. The largest absolute Gasteiger partial charge is 0.480 e. The highest BCUT2D eigenvalue weighted by Crippen LogP contribution is 2.24. The molecule has 0 fully saturated rings. The van der Waals surface area contributed by atoms with E-state index in [1.165, 1.54) is 24.0 Å². The van der Waals surface area contributed by atoms with Gasteiger partial charge in [-0.15, -0.1) is 0 Å². The number of nitrogens with one attached hydrogen (secondary N) is 1. The van der Waals surface area contributed by atoms with Crippen LogP contribution >= 0.6 is 0 Å². The molecule has 0 aromatic heterocycles. The van der Waals surface area contributed by atoms with Crippen LogP contribution in [0.2, 0.25) is 0 Å². The van der Waals surface area contributed by atoms with Crippen LogP contribution in [0.3, 0.4) is 0 Å². The summed E-state index contributed by atoms with van der Waals surface area (Å²) in [5.74, 6) is -1.03. The van der Waals surface area contributed by atoms with Gasteiger partial charge in [0.25, 0.3) is 0 Å². The van der Waals surface area contributed by atoms with E-state index >= 15 is 0 Å². The molecular weight excluding hydrogens is 316 g/mol. The first-order chi connectivity index (χ1) is 11.9. The first-order valence-electron chi connectivity index (χ1n) is 9.30. The SMILES string of the molecule is CCCN(CC(=O)O)C(C)C(=O)NC(C)c1ccc2c(c1)CCCC2. The van der Waals surface area contributed by atoms with Crippen molar-refractivity contribution in [3.63, 3.8) is 0 Å². The molecule has 1 aliphatic carbocycles. The molecule has 138 valence electrons. The fourth-order valence-corrected chi connectivity index (χ4v) is 3.48. The van der Waals surface area contributed by atoms with Crippen molar-refractivity contribution in [2.24, 2.45) is 0 Å². The zero-order valence-electron chi connectivity index (χ0n) is 15.5. The van der Waals surface area contributed by atoms with Crippen molar-refractivity contribution in [1.29, 1.82) is 0 Å². The van der Waals surface area contributed by atoms with Crippen molar-refractivity contribution in [3.8, 4) is 0 Å². The Morgan fingerprint density at radius 3 is 2.52 bits per heavy atom. The van der Waals surface area contributed by atoms with Crippen LogP contribution in [0.4, 0.5) is 0 Å². The summed E-state index contributed by atoms with van der Waals surface area (Å²) in [6, 6.07) is 5.95. The van der Waals surface area contributed by atoms with E-state index in [0.29, 0.717) is 6.54 Å². The quantitative estimate of drug-likeness (QED) is 0.759. The average Bonchev–Trinajstić information content (AvgIpc) is 2.59. The first kappa shape index (κ1) is 19.4. The highest BCUT2D eigenvalue weighted by Gasteiger charge is 2.24. The molecule has 0 heterocycles. The van der Waals surface area contributed by atoms with Crippen LogP contribution < -0.4 is 5.32 Å². The lowest BCUT2D eigenvalue weighted by Gasteiger charge is -2.28. The topological polar surface area (TPSA) is 69.6 Å². The number of carboxylic acids is 1. The van der Waals surface area contributed by atoms with Gasteiger partial charge in [0.1, 0.15) is 0 Å². The van der Waals surface area contributed by atoms with E-state index in [4.69, 9.17) is 5.11 Å². The van der Waals surface area contributed by atoms with E-state index in [2.05, 4.69) is 23.5 Å². The maximum Gasteiger partial charge on any atom is 0.317 e. The Balaban J connectivity index is 2.01. The lowest BCUT2D eigenvalue weighted by molar-refractivity contribution is -0.139. The summed E-state index contributed by atoms with van der Waals surface area (Å²) in [5, 5.41) is 12.1. The molecule has 0 spiro atoms. The van der Waals surface area contributed by atoms with Gasteiger partial charge in [0, 0.05) is 0 Å². The third-order valence-corrected chi connectivity index (χ3v) is 5.01. The normalized spacial score (nSPS) is 16.2. The Morgan fingerprint density at radius 1 is 1.20 bits per heavy atom. The molecule has 2 rings (SSSR count). The van der Waals surface area contributed by atoms with Gasteiger partial charge in [-0.25, -0.2) is 0 Å².